The van der Waals surface area contributed by atoms with Crippen molar-refractivity contribution in [3.05, 3.63) is 40.2 Å². The lowest BCUT2D eigenvalue weighted by atomic mass is 10.2. The summed E-state index contributed by atoms with van der Waals surface area (Å²) < 4.78 is 46.0. The highest BCUT2D eigenvalue weighted by Crippen LogP contribution is 2.38. The topological polar surface area (TPSA) is 119 Å². The van der Waals surface area contributed by atoms with E-state index in [0.29, 0.717) is 12.8 Å². The number of rotatable bonds is 4. The van der Waals surface area contributed by atoms with Crippen LogP contribution in [-0.4, -0.2) is 35.3 Å². The molecule has 128 valence electrons. The van der Waals surface area contributed by atoms with Gasteiger partial charge in [-0.3, -0.25) is 4.79 Å². The summed E-state index contributed by atoms with van der Waals surface area (Å²) in [5, 5.41) is 3.42. The Morgan fingerprint density at radius 2 is 2.21 bits per heavy atom. The van der Waals surface area contributed by atoms with Crippen molar-refractivity contribution in [3.8, 4) is 0 Å². The number of carbonyl (C=O) groups is 1. The van der Waals surface area contributed by atoms with Crippen LogP contribution in [0.2, 0.25) is 0 Å². The summed E-state index contributed by atoms with van der Waals surface area (Å²) in [4.78, 5) is 14.4. The van der Waals surface area contributed by atoms with Crippen LogP contribution in [0.3, 0.4) is 0 Å². The molecule has 0 unspecified atom stereocenters. The molecule has 1 aromatic carbocycles. The third-order valence-electron chi connectivity index (χ3n) is 3.64. The van der Waals surface area contributed by atoms with Crippen LogP contribution in [0.5, 0.6) is 0 Å². The van der Waals surface area contributed by atoms with Gasteiger partial charge >= 0.3 is 0 Å². The Balaban J connectivity index is 2.02. The number of amides is 1. The van der Waals surface area contributed by atoms with E-state index in [4.69, 9.17) is 10.3 Å². The third kappa shape index (κ3) is 2.82. The van der Waals surface area contributed by atoms with Gasteiger partial charge < -0.3 is 10.3 Å². The van der Waals surface area contributed by atoms with Crippen molar-refractivity contribution in [2.45, 2.75) is 23.8 Å². The van der Waals surface area contributed by atoms with Crippen LogP contribution in [0.4, 0.5) is 4.39 Å². The Morgan fingerprint density at radius 1 is 1.46 bits per heavy atom. The molecule has 3 rings (SSSR count). The monoisotopic (exact) mass is 418 g/mol. The zero-order chi connectivity index (χ0) is 17.5. The molecular formula is C13H12BrFN4O4S. The van der Waals surface area contributed by atoms with Gasteiger partial charge in [-0.15, -0.1) is 0 Å². The average Bonchev–Trinajstić information content (AvgIpc) is 3.16. The van der Waals surface area contributed by atoms with Crippen LogP contribution in [-0.2, 0) is 10.0 Å². The summed E-state index contributed by atoms with van der Waals surface area (Å²) in [6.07, 6.45) is 0.940. The van der Waals surface area contributed by atoms with Crippen LogP contribution in [0.25, 0.3) is 0 Å². The van der Waals surface area contributed by atoms with Gasteiger partial charge in [-0.05, 0) is 40.9 Å². The second kappa shape index (κ2) is 6.22. The second-order valence-electron chi connectivity index (χ2n) is 5.15. The van der Waals surface area contributed by atoms with Gasteiger partial charge in [0.15, 0.2) is 0 Å². The molecule has 8 nitrogen and oxygen atoms in total. The van der Waals surface area contributed by atoms with E-state index in [1.165, 1.54) is 12.1 Å². The van der Waals surface area contributed by atoms with Gasteiger partial charge in [0.25, 0.3) is 11.7 Å². The van der Waals surface area contributed by atoms with Crippen molar-refractivity contribution in [2.24, 2.45) is 5.73 Å². The smallest absolute Gasteiger partial charge is 0.290 e. The molecule has 1 fully saturated rings. The first kappa shape index (κ1) is 17.0. The Hall–Kier alpha value is -1.85. The predicted molar refractivity (Wildman–Crippen MR) is 82.8 cm³/mol. The fourth-order valence-electron chi connectivity index (χ4n) is 2.59. The number of hydrogen-bond donors (Lipinski definition) is 1. The average molecular weight is 419 g/mol. The Kier molecular flexibility index (Phi) is 4.40. The SMILES string of the molecule is NC(=O)c1noc([C@H]2CCCN2S(=O)(=O)c2c(F)cccc2Br)n1. The molecule has 1 saturated heterocycles. The van der Waals surface area contributed by atoms with E-state index in [-0.39, 0.29) is 22.7 Å². The minimum absolute atomic E-state index is 0.0441. The number of benzene rings is 1. The molecular weight excluding hydrogens is 407 g/mol. The zero-order valence-electron chi connectivity index (χ0n) is 12.1. The maximum Gasteiger partial charge on any atom is 0.290 e. The van der Waals surface area contributed by atoms with Gasteiger partial charge in [0, 0.05) is 11.0 Å². The Labute approximate surface area is 145 Å². The standard InChI is InChI=1S/C13H12BrFN4O4S/c14-7-3-1-4-8(15)10(7)24(21,22)19-6-2-5-9(19)13-17-12(11(16)20)18-23-13/h1,3-4,9H,2,5-6H2,(H2,16,20)/t9-/m1/s1. The molecule has 1 aliphatic rings. The number of aromatic nitrogens is 2. The summed E-state index contributed by atoms with van der Waals surface area (Å²) in [6.45, 7) is 0.169. The van der Waals surface area contributed by atoms with E-state index < -0.39 is 32.7 Å². The van der Waals surface area contributed by atoms with E-state index in [2.05, 4.69) is 26.1 Å². The lowest BCUT2D eigenvalue weighted by Gasteiger charge is -2.22. The first-order valence-corrected chi connectivity index (χ1v) is 9.15. The number of halogens is 2. The summed E-state index contributed by atoms with van der Waals surface area (Å²) >= 11 is 3.07. The molecule has 0 saturated carbocycles. The lowest BCUT2D eigenvalue weighted by Crippen LogP contribution is -2.31. The number of sulfonamides is 1. The normalized spacial score (nSPS) is 18.8. The van der Waals surface area contributed by atoms with Crippen molar-refractivity contribution < 1.29 is 22.1 Å². The minimum atomic E-state index is -4.14. The van der Waals surface area contributed by atoms with Gasteiger partial charge in [-0.25, -0.2) is 12.8 Å². The largest absolute Gasteiger partial charge is 0.363 e. The predicted octanol–water partition coefficient (Wildman–Crippen LogP) is 1.60. The molecule has 0 spiro atoms. The molecule has 2 N–H and O–H groups in total. The van der Waals surface area contributed by atoms with Crippen molar-refractivity contribution >= 4 is 31.9 Å². The summed E-state index contributed by atoms with van der Waals surface area (Å²) in [6, 6.07) is 3.14. The summed E-state index contributed by atoms with van der Waals surface area (Å²) in [5.74, 6) is -2.12. The van der Waals surface area contributed by atoms with Crippen LogP contribution in [0, 0.1) is 5.82 Å². The maximum absolute atomic E-state index is 14.1. The van der Waals surface area contributed by atoms with Crippen molar-refractivity contribution in [3.63, 3.8) is 0 Å². The summed E-state index contributed by atoms with van der Waals surface area (Å²) in [5.41, 5.74) is 5.07. The molecule has 1 aromatic heterocycles. The van der Waals surface area contributed by atoms with Gasteiger partial charge in [0.05, 0.1) is 0 Å². The Morgan fingerprint density at radius 3 is 2.83 bits per heavy atom. The Bertz CT molecular complexity index is 881. The highest BCUT2D eigenvalue weighted by atomic mass is 79.9. The molecule has 2 aromatic rings. The molecule has 2 heterocycles. The van der Waals surface area contributed by atoms with Crippen molar-refractivity contribution in [1.82, 2.24) is 14.4 Å². The third-order valence-corrected chi connectivity index (χ3v) is 6.55. The molecule has 1 atom stereocenters. The molecule has 1 aliphatic heterocycles. The number of hydrogen-bond acceptors (Lipinski definition) is 6. The van der Waals surface area contributed by atoms with Gasteiger partial charge in [0.1, 0.15) is 16.8 Å². The van der Waals surface area contributed by atoms with E-state index >= 15 is 0 Å². The van der Waals surface area contributed by atoms with Gasteiger partial charge in [0.2, 0.25) is 15.9 Å². The molecule has 0 aliphatic carbocycles. The van der Waals surface area contributed by atoms with E-state index in [1.54, 1.807) is 0 Å². The van der Waals surface area contributed by atoms with Gasteiger partial charge in [-0.2, -0.15) is 9.29 Å². The number of nitrogens with zero attached hydrogens (tertiary/aromatic N) is 3. The fourth-order valence-corrected chi connectivity index (χ4v) is 5.31. The molecule has 11 heteroatoms. The molecule has 1 amide bonds. The number of primary amides is 1. The quantitative estimate of drug-likeness (QED) is 0.804. The zero-order valence-corrected chi connectivity index (χ0v) is 14.5. The van der Waals surface area contributed by atoms with Crippen molar-refractivity contribution in [2.75, 3.05) is 6.54 Å². The van der Waals surface area contributed by atoms with E-state index in [1.807, 2.05) is 0 Å². The second-order valence-corrected chi connectivity index (χ2v) is 7.83. The molecule has 0 radical (unpaired) electrons. The van der Waals surface area contributed by atoms with E-state index in [0.717, 1.165) is 10.4 Å². The van der Waals surface area contributed by atoms with Gasteiger partial charge in [-0.1, -0.05) is 11.2 Å². The van der Waals surface area contributed by atoms with Crippen LogP contribution >= 0.6 is 15.9 Å². The molecule has 0 bridgehead atoms. The minimum Gasteiger partial charge on any atom is -0.363 e. The summed E-state index contributed by atoms with van der Waals surface area (Å²) in [7, 11) is -4.14. The first-order chi connectivity index (χ1) is 11.3. The molecule has 24 heavy (non-hydrogen) atoms. The maximum atomic E-state index is 14.1. The highest BCUT2D eigenvalue weighted by molar-refractivity contribution is 9.10. The highest BCUT2D eigenvalue weighted by Gasteiger charge is 2.41. The lowest BCUT2D eigenvalue weighted by molar-refractivity contribution is 0.0987. The number of nitrogens with two attached hydrogens (primary N) is 1. The fraction of sp³-hybridized carbons (Fsp3) is 0.308. The first-order valence-electron chi connectivity index (χ1n) is 6.91. The van der Waals surface area contributed by atoms with Crippen molar-refractivity contribution in [1.29, 1.82) is 0 Å². The van der Waals surface area contributed by atoms with Crippen LogP contribution in [0.15, 0.2) is 32.1 Å². The van der Waals surface area contributed by atoms with E-state index in [9.17, 15) is 17.6 Å². The van der Waals surface area contributed by atoms with Crippen LogP contribution < -0.4 is 5.73 Å². The number of carbonyl (C=O) groups excluding carboxylic acids is 1. The van der Waals surface area contributed by atoms with Crippen LogP contribution in [0.1, 0.15) is 35.4 Å².